The molecule has 2 atom stereocenters. The molecule has 0 aromatic carbocycles. The van der Waals surface area contributed by atoms with Crippen LogP contribution in [-0.4, -0.2) is 8.07 Å². The van der Waals surface area contributed by atoms with Crippen molar-refractivity contribution in [3.63, 3.8) is 0 Å². The lowest BCUT2D eigenvalue weighted by Crippen LogP contribution is -2.21. The molecule has 0 heterocycles. The topological polar surface area (TPSA) is 0 Å². The maximum Gasteiger partial charge on any atom is 0.0479 e. The van der Waals surface area contributed by atoms with Gasteiger partial charge in [0.1, 0.15) is 0 Å². The highest BCUT2D eigenvalue weighted by molar-refractivity contribution is 6.78. The first-order valence-electron chi connectivity index (χ1n) is 5.11. The van der Waals surface area contributed by atoms with E-state index in [1.54, 1.807) is 12.8 Å². The van der Waals surface area contributed by atoms with E-state index >= 15 is 0 Å². The molecule has 0 nitrogen and oxygen atoms in total. The zero-order chi connectivity index (χ0) is 8.06. The highest BCUT2D eigenvalue weighted by Gasteiger charge is 2.55. The van der Waals surface area contributed by atoms with Crippen molar-refractivity contribution in [1.82, 2.24) is 0 Å². The Labute approximate surface area is 71.4 Å². The first-order valence-corrected chi connectivity index (χ1v) is 8.68. The Kier molecular flexibility index (Phi) is 1.68. The lowest BCUT2D eigenvalue weighted by molar-refractivity contribution is 0.480. The van der Waals surface area contributed by atoms with Gasteiger partial charge in [0.2, 0.25) is 0 Å². The molecule has 2 aliphatic rings. The maximum atomic E-state index is 2.55. The van der Waals surface area contributed by atoms with E-state index in [9.17, 15) is 0 Å². The molecule has 0 aliphatic heterocycles. The van der Waals surface area contributed by atoms with E-state index < -0.39 is 8.07 Å². The van der Waals surface area contributed by atoms with Gasteiger partial charge in [-0.3, -0.25) is 0 Å². The molecule has 11 heavy (non-hydrogen) atoms. The molecule has 0 bridgehead atoms. The normalized spacial score (nSPS) is 43.4. The zero-order valence-corrected chi connectivity index (χ0v) is 9.06. The first-order chi connectivity index (χ1) is 5.11. The molecule has 2 rings (SSSR count). The molecule has 0 radical (unpaired) electrons. The quantitative estimate of drug-likeness (QED) is 0.526. The van der Waals surface area contributed by atoms with Gasteiger partial charge >= 0.3 is 0 Å². The van der Waals surface area contributed by atoms with Gasteiger partial charge in [0.05, 0.1) is 0 Å². The van der Waals surface area contributed by atoms with Gasteiger partial charge in [0, 0.05) is 8.07 Å². The maximum absolute atomic E-state index is 2.55. The summed E-state index contributed by atoms with van der Waals surface area (Å²) >= 11 is 0. The van der Waals surface area contributed by atoms with Crippen LogP contribution in [-0.2, 0) is 0 Å². The van der Waals surface area contributed by atoms with E-state index in [-0.39, 0.29) is 0 Å². The average Bonchev–Trinajstić information content (AvgIpc) is 2.58. The van der Waals surface area contributed by atoms with Crippen LogP contribution in [0.4, 0.5) is 0 Å². The number of hydrogen-bond donors (Lipinski definition) is 0. The van der Waals surface area contributed by atoms with E-state index in [1.165, 1.54) is 30.2 Å². The largest absolute Gasteiger partial charge is 0.0693 e. The van der Waals surface area contributed by atoms with Crippen molar-refractivity contribution in [2.45, 2.75) is 50.9 Å². The molecule has 0 N–H and O–H groups in total. The predicted octanol–water partition coefficient (Wildman–Crippen LogP) is 3.51. The molecular formula is C10H20Si. The van der Waals surface area contributed by atoms with Gasteiger partial charge in [0.25, 0.3) is 0 Å². The molecule has 2 fully saturated rings. The highest BCUT2D eigenvalue weighted by atomic mass is 28.3. The fraction of sp³-hybridized carbons (Fsp3) is 1.00. The second-order valence-corrected chi connectivity index (χ2v) is 10.9. The van der Waals surface area contributed by atoms with E-state index in [2.05, 4.69) is 19.6 Å². The fourth-order valence-corrected chi connectivity index (χ4v) is 6.56. The van der Waals surface area contributed by atoms with Crippen molar-refractivity contribution in [2.24, 2.45) is 11.8 Å². The van der Waals surface area contributed by atoms with Crippen LogP contribution in [0.15, 0.2) is 0 Å². The van der Waals surface area contributed by atoms with Gasteiger partial charge in [0.15, 0.2) is 0 Å². The minimum Gasteiger partial charge on any atom is -0.0693 e. The summed E-state index contributed by atoms with van der Waals surface area (Å²) < 4.78 is 0. The van der Waals surface area contributed by atoms with Gasteiger partial charge in [-0.15, -0.1) is 0 Å². The smallest absolute Gasteiger partial charge is 0.0479 e. The minimum absolute atomic E-state index is 0.752. The summed E-state index contributed by atoms with van der Waals surface area (Å²) in [4.78, 5) is 0. The molecule has 2 aliphatic carbocycles. The van der Waals surface area contributed by atoms with Crippen LogP contribution in [0.5, 0.6) is 0 Å². The van der Waals surface area contributed by atoms with Gasteiger partial charge in [-0.1, -0.05) is 45.3 Å². The summed E-state index contributed by atoms with van der Waals surface area (Å²) in [7, 11) is -0.752. The van der Waals surface area contributed by atoms with Crippen LogP contribution in [0, 0.1) is 11.8 Å². The lowest BCUT2D eigenvalue weighted by atomic mass is 10.0. The minimum atomic E-state index is -0.752. The van der Waals surface area contributed by atoms with E-state index in [0.29, 0.717) is 0 Å². The second kappa shape index (κ2) is 2.35. The molecule has 0 saturated heterocycles. The Bertz CT molecular complexity index is 145. The van der Waals surface area contributed by atoms with E-state index in [4.69, 9.17) is 0 Å². The third-order valence-corrected chi connectivity index (χ3v) is 6.51. The van der Waals surface area contributed by atoms with Crippen molar-refractivity contribution in [2.75, 3.05) is 0 Å². The van der Waals surface area contributed by atoms with E-state index in [0.717, 1.165) is 0 Å². The average molecular weight is 168 g/mol. The molecule has 0 amide bonds. The Morgan fingerprint density at radius 3 is 1.73 bits per heavy atom. The number of rotatable bonds is 1. The molecule has 2 saturated carbocycles. The van der Waals surface area contributed by atoms with Gasteiger partial charge in [-0.25, -0.2) is 0 Å². The third kappa shape index (κ3) is 1.28. The third-order valence-electron chi connectivity index (χ3n) is 3.66. The Balaban J connectivity index is 2.00. The van der Waals surface area contributed by atoms with Crippen LogP contribution in [0.3, 0.4) is 0 Å². The SMILES string of the molecule is C[Si](C)(C)C1C2CCCCC21. The summed E-state index contributed by atoms with van der Waals surface area (Å²) in [5.41, 5.74) is 1.21. The van der Waals surface area contributed by atoms with Crippen molar-refractivity contribution in [3.05, 3.63) is 0 Å². The summed E-state index contributed by atoms with van der Waals surface area (Å²) in [5.74, 6) is 2.38. The first kappa shape index (κ1) is 7.84. The standard InChI is InChI=1S/C10H20Si/c1-11(2,3)10-8-6-4-5-7-9(8)10/h8-10H,4-7H2,1-3H3. The van der Waals surface area contributed by atoms with Crippen molar-refractivity contribution < 1.29 is 0 Å². The fourth-order valence-electron chi connectivity index (χ4n) is 3.28. The van der Waals surface area contributed by atoms with E-state index in [1.807, 2.05) is 0 Å². The molecule has 0 spiro atoms. The summed E-state index contributed by atoms with van der Waals surface area (Å²) in [6, 6.07) is 0. The summed E-state index contributed by atoms with van der Waals surface area (Å²) in [6.45, 7) is 7.65. The summed E-state index contributed by atoms with van der Waals surface area (Å²) in [5, 5.41) is 0. The van der Waals surface area contributed by atoms with Gasteiger partial charge in [-0.2, -0.15) is 0 Å². The molecule has 1 heteroatoms. The Morgan fingerprint density at radius 1 is 0.909 bits per heavy atom. The van der Waals surface area contributed by atoms with Gasteiger partial charge < -0.3 is 0 Å². The highest BCUT2D eigenvalue weighted by Crippen LogP contribution is 2.64. The van der Waals surface area contributed by atoms with Gasteiger partial charge in [-0.05, 0) is 17.4 Å². The Hall–Kier alpha value is 0.217. The summed E-state index contributed by atoms with van der Waals surface area (Å²) in [6.07, 6.45) is 6.20. The molecule has 0 aromatic rings. The lowest BCUT2D eigenvalue weighted by Gasteiger charge is -2.15. The van der Waals surface area contributed by atoms with Crippen LogP contribution in [0.2, 0.25) is 25.2 Å². The van der Waals surface area contributed by atoms with Crippen LogP contribution in [0.25, 0.3) is 0 Å². The van der Waals surface area contributed by atoms with Crippen LogP contribution >= 0.6 is 0 Å². The molecule has 2 unspecified atom stereocenters. The zero-order valence-electron chi connectivity index (χ0n) is 8.06. The van der Waals surface area contributed by atoms with Crippen molar-refractivity contribution in [1.29, 1.82) is 0 Å². The second-order valence-electron chi connectivity index (χ2n) is 5.50. The van der Waals surface area contributed by atoms with Crippen molar-refractivity contribution >= 4 is 8.07 Å². The molecule has 0 aromatic heterocycles. The number of hydrogen-bond acceptors (Lipinski definition) is 0. The van der Waals surface area contributed by atoms with Crippen molar-refractivity contribution in [3.8, 4) is 0 Å². The van der Waals surface area contributed by atoms with Crippen LogP contribution in [0.1, 0.15) is 25.7 Å². The Morgan fingerprint density at radius 2 is 1.36 bits per heavy atom. The van der Waals surface area contributed by atoms with Crippen LogP contribution < -0.4 is 0 Å². The molecular weight excluding hydrogens is 148 g/mol. The predicted molar refractivity (Wildman–Crippen MR) is 52.5 cm³/mol. The molecule has 64 valence electrons. The monoisotopic (exact) mass is 168 g/mol. The number of fused-ring (bicyclic) bond motifs is 1.